The molecular weight excluding hydrogens is 282 g/mol. The van der Waals surface area contributed by atoms with Crippen LogP contribution in [0, 0.1) is 19.8 Å². The summed E-state index contributed by atoms with van der Waals surface area (Å²) in [5, 5.41) is 11.5. The Kier molecular flexibility index (Phi) is 3.79. The summed E-state index contributed by atoms with van der Waals surface area (Å²) >= 11 is 0. The lowest BCUT2D eigenvalue weighted by Crippen LogP contribution is -2.33. The number of nitrogens with one attached hydrogen (secondary N) is 1. The van der Waals surface area contributed by atoms with Crippen molar-refractivity contribution in [1.29, 1.82) is 0 Å². The van der Waals surface area contributed by atoms with E-state index >= 15 is 0 Å². The maximum atomic E-state index is 11.9. The van der Waals surface area contributed by atoms with Crippen LogP contribution in [-0.2, 0) is 11.3 Å². The third-order valence-electron chi connectivity index (χ3n) is 3.65. The number of carbonyl (C=O) groups excluding carboxylic acids is 1. The van der Waals surface area contributed by atoms with Crippen LogP contribution in [0.2, 0.25) is 0 Å². The van der Waals surface area contributed by atoms with Gasteiger partial charge in [0.05, 0.1) is 12.2 Å². The molecule has 0 aliphatic heterocycles. The van der Waals surface area contributed by atoms with Crippen molar-refractivity contribution < 1.29 is 4.79 Å². The molecule has 0 bridgehead atoms. The molecule has 1 amide bonds. The largest absolute Gasteiger partial charge is 0.354 e. The van der Waals surface area contributed by atoms with Crippen molar-refractivity contribution in [3.63, 3.8) is 0 Å². The van der Waals surface area contributed by atoms with E-state index in [9.17, 15) is 9.59 Å². The van der Waals surface area contributed by atoms with E-state index in [-0.39, 0.29) is 17.4 Å². The quantitative estimate of drug-likeness (QED) is 0.875. The number of amides is 1. The van der Waals surface area contributed by atoms with Gasteiger partial charge in [0.2, 0.25) is 5.91 Å². The predicted molar refractivity (Wildman–Crippen MR) is 80.8 cm³/mol. The Morgan fingerprint density at radius 1 is 1.32 bits per heavy atom. The molecule has 1 aliphatic rings. The summed E-state index contributed by atoms with van der Waals surface area (Å²) in [7, 11) is 0. The Morgan fingerprint density at radius 3 is 2.73 bits per heavy atom. The molecule has 1 aliphatic carbocycles. The average molecular weight is 301 g/mol. The van der Waals surface area contributed by atoms with E-state index in [4.69, 9.17) is 0 Å². The van der Waals surface area contributed by atoms with Gasteiger partial charge in [0, 0.05) is 24.2 Å². The highest BCUT2D eigenvalue weighted by Gasteiger charge is 2.29. The Bertz CT molecular complexity index is 758. The van der Waals surface area contributed by atoms with Crippen LogP contribution in [0.4, 0.5) is 0 Å². The predicted octanol–water partition coefficient (Wildman–Crippen LogP) is 0.572. The lowest BCUT2D eigenvalue weighted by molar-refractivity contribution is -0.122. The minimum Gasteiger partial charge on any atom is -0.354 e. The molecule has 0 saturated heterocycles. The Morgan fingerprint density at radius 2 is 2.09 bits per heavy atom. The fourth-order valence-electron chi connectivity index (χ4n) is 2.35. The highest BCUT2D eigenvalue weighted by molar-refractivity contribution is 5.80. The molecule has 1 saturated carbocycles. The highest BCUT2D eigenvalue weighted by atomic mass is 16.2. The minimum atomic E-state index is -0.189. The summed E-state index contributed by atoms with van der Waals surface area (Å²) in [6.45, 7) is 4.60. The average Bonchev–Trinajstić information content (AvgIpc) is 3.26. The first-order valence-electron chi connectivity index (χ1n) is 7.44. The molecule has 2 aromatic rings. The van der Waals surface area contributed by atoms with Crippen LogP contribution in [0.1, 0.15) is 24.2 Å². The maximum absolute atomic E-state index is 11.9. The van der Waals surface area contributed by atoms with Gasteiger partial charge in [-0.1, -0.05) is 0 Å². The topological polar surface area (TPSA) is 81.8 Å². The second-order valence-corrected chi connectivity index (χ2v) is 5.66. The number of aryl methyl sites for hydroxylation is 2. The third kappa shape index (κ3) is 3.08. The molecule has 1 N–H and O–H groups in total. The number of nitrogens with zero attached hydrogens (tertiary/aromatic N) is 4. The molecular formula is C15H19N5O2. The van der Waals surface area contributed by atoms with Gasteiger partial charge >= 0.3 is 0 Å². The van der Waals surface area contributed by atoms with Crippen molar-refractivity contribution >= 4 is 5.91 Å². The lowest BCUT2D eigenvalue weighted by atomic mass is 10.4. The van der Waals surface area contributed by atoms with E-state index in [1.807, 2.05) is 19.9 Å². The van der Waals surface area contributed by atoms with Gasteiger partial charge in [-0.05, 0) is 38.8 Å². The third-order valence-corrected chi connectivity index (χ3v) is 3.65. The Hall–Kier alpha value is -2.44. The molecule has 2 heterocycles. The summed E-state index contributed by atoms with van der Waals surface area (Å²) in [6, 6.07) is 5.08. The van der Waals surface area contributed by atoms with Crippen molar-refractivity contribution in [3.05, 3.63) is 39.9 Å². The van der Waals surface area contributed by atoms with Crippen LogP contribution in [0.5, 0.6) is 0 Å². The fourth-order valence-corrected chi connectivity index (χ4v) is 2.35. The van der Waals surface area contributed by atoms with Gasteiger partial charge in [0.25, 0.3) is 5.56 Å². The monoisotopic (exact) mass is 301 g/mol. The lowest BCUT2D eigenvalue weighted by Gasteiger charge is -2.09. The number of hydrogen-bond donors (Lipinski definition) is 1. The number of aromatic nitrogens is 4. The molecule has 1 fully saturated rings. The summed E-state index contributed by atoms with van der Waals surface area (Å²) in [5.41, 5.74) is 1.66. The molecule has 0 unspecified atom stereocenters. The summed E-state index contributed by atoms with van der Waals surface area (Å²) < 4.78 is 3.06. The molecule has 7 nitrogen and oxygen atoms in total. The van der Waals surface area contributed by atoms with Crippen LogP contribution in [0.3, 0.4) is 0 Å². The SMILES string of the molecule is Cc1cc(C)n(-c2ccc(=O)n(CCNC(=O)C3CC3)n2)n1. The molecule has 22 heavy (non-hydrogen) atoms. The van der Waals surface area contributed by atoms with Gasteiger partial charge < -0.3 is 5.32 Å². The van der Waals surface area contributed by atoms with Crippen LogP contribution in [-0.4, -0.2) is 32.0 Å². The van der Waals surface area contributed by atoms with Crippen molar-refractivity contribution in [3.8, 4) is 5.82 Å². The zero-order chi connectivity index (χ0) is 15.7. The second-order valence-electron chi connectivity index (χ2n) is 5.66. The van der Waals surface area contributed by atoms with Gasteiger partial charge in [-0.2, -0.15) is 5.10 Å². The molecule has 116 valence electrons. The van der Waals surface area contributed by atoms with E-state index in [1.165, 1.54) is 10.7 Å². The summed E-state index contributed by atoms with van der Waals surface area (Å²) in [5.74, 6) is 0.840. The van der Waals surface area contributed by atoms with Crippen molar-refractivity contribution in [2.24, 2.45) is 5.92 Å². The molecule has 0 atom stereocenters. The maximum Gasteiger partial charge on any atom is 0.266 e. The first kappa shape index (κ1) is 14.5. The normalized spacial score (nSPS) is 14.1. The fraction of sp³-hybridized carbons (Fsp3) is 0.467. The molecule has 0 spiro atoms. The smallest absolute Gasteiger partial charge is 0.266 e. The number of carbonyl (C=O) groups is 1. The van der Waals surface area contributed by atoms with Gasteiger partial charge in [-0.25, -0.2) is 9.36 Å². The molecule has 2 aromatic heterocycles. The van der Waals surface area contributed by atoms with Gasteiger partial charge in [0.15, 0.2) is 5.82 Å². The molecule has 3 rings (SSSR count). The van der Waals surface area contributed by atoms with E-state index < -0.39 is 0 Å². The second kappa shape index (κ2) is 5.75. The zero-order valence-corrected chi connectivity index (χ0v) is 12.7. The van der Waals surface area contributed by atoms with E-state index in [2.05, 4.69) is 15.5 Å². The van der Waals surface area contributed by atoms with Crippen LogP contribution >= 0.6 is 0 Å². The van der Waals surface area contributed by atoms with Gasteiger partial charge in [0.1, 0.15) is 0 Å². The van der Waals surface area contributed by atoms with Crippen molar-refractivity contribution in [1.82, 2.24) is 24.9 Å². The standard InChI is InChI=1S/C15H19N5O2/c1-10-9-11(2)20(17-10)13-5-6-14(21)19(18-13)8-7-16-15(22)12-3-4-12/h5-6,9,12H,3-4,7-8H2,1-2H3,(H,16,22). The summed E-state index contributed by atoms with van der Waals surface area (Å²) in [6.07, 6.45) is 1.94. The molecule has 0 radical (unpaired) electrons. The van der Waals surface area contributed by atoms with Gasteiger partial charge in [-0.15, -0.1) is 5.10 Å². The minimum absolute atomic E-state index is 0.0720. The van der Waals surface area contributed by atoms with E-state index in [1.54, 1.807) is 10.7 Å². The number of rotatable bonds is 5. The highest BCUT2D eigenvalue weighted by Crippen LogP contribution is 2.28. The molecule has 0 aromatic carbocycles. The van der Waals surface area contributed by atoms with E-state index in [0.717, 1.165) is 24.2 Å². The first-order valence-corrected chi connectivity index (χ1v) is 7.44. The van der Waals surface area contributed by atoms with Crippen LogP contribution < -0.4 is 10.9 Å². The number of hydrogen-bond acceptors (Lipinski definition) is 4. The first-order chi connectivity index (χ1) is 10.5. The summed E-state index contributed by atoms with van der Waals surface area (Å²) in [4.78, 5) is 23.5. The van der Waals surface area contributed by atoms with Crippen molar-refractivity contribution in [2.75, 3.05) is 6.54 Å². The van der Waals surface area contributed by atoms with Crippen molar-refractivity contribution in [2.45, 2.75) is 33.2 Å². The zero-order valence-electron chi connectivity index (χ0n) is 12.7. The van der Waals surface area contributed by atoms with Gasteiger partial charge in [-0.3, -0.25) is 9.59 Å². The Balaban J connectivity index is 1.73. The Labute approximate surface area is 128 Å². The van der Waals surface area contributed by atoms with Crippen LogP contribution in [0.15, 0.2) is 23.0 Å². The van der Waals surface area contributed by atoms with Crippen LogP contribution in [0.25, 0.3) is 5.82 Å². The molecule has 7 heteroatoms. The van der Waals surface area contributed by atoms with E-state index in [0.29, 0.717) is 18.9 Å².